The molecule has 1 heterocycles. The Morgan fingerprint density at radius 2 is 0.706 bits per heavy atom. The second-order valence-electron chi connectivity index (χ2n) is 13.4. The van der Waals surface area contributed by atoms with Gasteiger partial charge in [0.25, 0.3) is 0 Å². The standard InChI is InChI=1S/C48H42N2O/c1-5-15-38(16-6-1)33-49(34-39-17-7-2-8-18-39)45-29-25-43(26-30-45)48(47-24-14-13-23-42(47)37-51-48)44-27-31-46(32-28-44)50(35-40-19-9-3-10-20-40)36-41-21-11-4-12-22-41/h1-32H,33-37H2. The smallest absolute Gasteiger partial charge is 0.144 e. The van der Waals surface area contributed by atoms with Gasteiger partial charge in [0.05, 0.1) is 6.61 Å². The van der Waals surface area contributed by atoms with Crippen molar-refractivity contribution in [1.82, 2.24) is 0 Å². The van der Waals surface area contributed by atoms with Crippen molar-refractivity contribution >= 4 is 11.4 Å². The molecule has 8 rings (SSSR count). The molecule has 3 nitrogen and oxygen atoms in total. The van der Waals surface area contributed by atoms with E-state index in [0.717, 1.165) is 37.3 Å². The van der Waals surface area contributed by atoms with Gasteiger partial charge in [0.15, 0.2) is 0 Å². The van der Waals surface area contributed by atoms with E-state index in [9.17, 15) is 0 Å². The Kier molecular flexibility index (Phi) is 9.45. The lowest BCUT2D eigenvalue weighted by molar-refractivity contribution is 0.0268. The number of nitrogens with zero attached hydrogens (tertiary/aromatic N) is 2. The van der Waals surface area contributed by atoms with Crippen LogP contribution in [0.5, 0.6) is 0 Å². The second-order valence-corrected chi connectivity index (χ2v) is 13.4. The number of fused-ring (bicyclic) bond motifs is 1. The number of hydrogen-bond acceptors (Lipinski definition) is 3. The monoisotopic (exact) mass is 662 g/mol. The molecule has 0 radical (unpaired) electrons. The number of ether oxygens (including phenoxy) is 1. The summed E-state index contributed by atoms with van der Waals surface area (Å²) in [6.45, 7) is 3.86. The van der Waals surface area contributed by atoms with Gasteiger partial charge in [-0.25, -0.2) is 0 Å². The molecule has 3 heteroatoms. The molecular weight excluding hydrogens is 621 g/mol. The number of rotatable bonds is 12. The maximum atomic E-state index is 6.94. The highest BCUT2D eigenvalue weighted by molar-refractivity contribution is 5.59. The lowest BCUT2D eigenvalue weighted by atomic mass is 9.80. The molecule has 0 unspecified atom stereocenters. The molecule has 0 atom stereocenters. The first-order valence-corrected chi connectivity index (χ1v) is 17.8. The summed E-state index contributed by atoms with van der Waals surface area (Å²) in [4.78, 5) is 4.90. The van der Waals surface area contributed by atoms with Crippen LogP contribution in [0.25, 0.3) is 0 Å². The fourth-order valence-corrected chi connectivity index (χ4v) is 7.40. The first kappa shape index (κ1) is 32.3. The van der Waals surface area contributed by atoms with Crippen molar-refractivity contribution < 1.29 is 4.74 Å². The Morgan fingerprint density at radius 1 is 0.373 bits per heavy atom. The maximum Gasteiger partial charge on any atom is 0.144 e. The lowest BCUT2D eigenvalue weighted by Crippen LogP contribution is -2.29. The first-order chi connectivity index (χ1) is 25.2. The molecule has 1 aliphatic heterocycles. The van der Waals surface area contributed by atoms with Crippen LogP contribution in [0.15, 0.2) is 194 Å². The molecule has 0 aliphatic carbocycles. The molecule has 0 spiro atoms. The third-order valence-corrected chi connectivity index (χ3v) is 9.98. The molecular formula is C48H42N2O. The highest BCUT2D eigenvalue weighted by Crippen LogP contribution is 2.47. The van der Waals surface area contributed by atoms with Crippen molar-refractivity contribution in [2.24, 2.45) is 0 Å². The minimum absolute atomic E-state index is 0.571. The molecule has 0 bridgehead atoms. The molecule has 7 aromatic carbocycles. The number of benzene rings is 7. The van der Waals surface area contributed by atoms with Crippen molar-refractivity contribution in [3.63, 3.8) is 0 Å². The SMILES string of the molecule is c1ccc(CN(Cc2ccccc2)c2ccc(C3(c4ccc(N(Cc5ccccc5)Cc5ccccc5)cc4)OCc4ccccc43)cc2)cc1. The zero-order valence-corrected chi connectivity index (χ0v) is 28.8. The normalized spacial score (nSPS) is 13.0. The van der Waals surface area contributed by atoms with E-state index in [0.29, 0.717) is 6.61 Å². The molecule has 0 saturated carbocycles. The van der Waals surface area contributed by atoms with E-state index in [2.05, 4.69) is 204 Å². The second kappa shape index (κ2) is 14.9. The van der Waals surface area contributed by atoms with Crippen LogP contribution in [-0.4, -0.2) is 0 Å². The molecule has 0 aromatic heterocycles. The van der Waals surface area contributed by atoms with Gasteiger partial charge in [0.1, 0.15) is 5.60 Å². The molecule has 51 heavy (non-hydrogen) atoms. The minimum atomic E-state index is -0.707. The zero-order valence-electron chi connectivity index (χ0n) is 28.8. The van der Waals surface area contributed by atoms with Crippen LogP contribution >= 0.6 is 0 Å². The van der Waals surface area contributed by atoms with E-state index in [4.69, 9.17) is 4.74 Å². The van der Waals surface area contributed by atoms with Gasteiger partial charge in [0, 0.05) is 37.6 Å². The topological polar surface area (TPSA) is 15.7 Å². The van der Waals surface area contributed by atoms with Gasteiger partial charge >= 0.3 is 0 Å². The van der Waals surface area contributed by atoms with Gasteiger partial charge in [-0.1, -0.05) is 170 Å². The number of hydrogen-bond donors (Lipinski definition) is 0. The van der Waals surface area contributed by atoms with Gasteiger partial charge < -0.3 is 14.5 Å². The third-order valence-electron chi connectivity index (χ3n) is 9.98. The third kappa shape index (κ3) is 7.08. The van der Waals surface area contributed by atoms with Crippen LogP contribution in [0.4, 0.5) is 11.4 Å². The van der Waals surface area contributed by atoms with Crippen LogP contribution in [0.1, 0.15) is 44.5 Å². The minimum Gasteiger partial charge on any atom is -0.363 e. The van der Waals surface area contributed by atoms with Gasteiger partial charge in [-0.3, -0.25) is 0 Å². The van der Waals surface area contributed by atoms with Gasteiger partial charge in [-0.15, -0.1) is 0 Å². The van der Waals surface area contributed by atoms with Gasteiger partial charge in [0.2, 0.25) is 0 Å². The maximum absolute atomic E-state index is 6.94. The Labute approximate surface area is 302 Å². The van der Waals surface area contributed by atoms with E-state index in [1.807, 2.05) is 0 Å². The van der Waals surface area contributed by atoms with Crippen LogP contribution in [0.2, 0.25) is 0 Å². The quantitative estimate of drug-likeness (QED) is 0.129. The Morgan fingerprint density at radius 3 is 1.08 bits per heavy atom. The van der Waals surface area contributed by atoms with Gasteiger partial charge in [-0.2, -0.15) is 0 Å². The van der Waals surface area contributed by atoms with E-state index >= 15 is 0 Å². The molecule has 1 aliphatic rings. The fourth-order valence-electron chi connectivity index (χ4n) is 7.40. The van der Waals surface area contributed by atoms with Crippen LogP contribution in [-0.2, 0) is 43.1 Å². The Bertz CT molecular complexity index is 1920. The molecule has 7 aromatic rings. The summed E-state index contributed by atoms with van der Waals surface area (Å²) in [7, 11) is 0. The summed E-state index contributed by atoms with van der Waals surface area (Å²) in [6.07, 6.45) is 0. The Hall–Kier alpha value is -5.90. The summed E-state index contributed by atoms with van der Waals surface area (Å²) in [5, 5.41) is 0. The van der Waals surface area contributed by atoms with Crippen molar-refractivity contribution in [2.45, 2.75) is 38.4 Å². The van der Waals surface area contributed by atoms with Gasteiger partial charge in [-0.05, 0) is 68.8 Å². The molecule has 0 amide bonds. The predicted molar refractivity (Wildman–Crippen MR) is 210 cm³/mol. The van der Waals surface area contributed by atoms with Crippen molar-refractivity contribution in [1.29, 1.82) is 0 Å². The van der Waals surface area contributed by atoms with Crippen molar-refractivity contribution in [3.8, 4) is 0 Å². The highest BCUT2D eigenvalue weighted by Gasteiger charge is 2.43. The Balaban J connectivity index is 1.14. The van der Waals surface area contributed by atoms with E-state index in [1.165, 1.54) is 44.8 Å². The van der Waals surface area contributed by atoms with E-state index < -0.39 is 5.60 Å². The summed E-state index contributed by atoms with van der Waals surface area (Å²) in [5.74, 6) is 0. The van der Waals surface area contributed by atoms with E-state index in [-0.39, 0.29) is 0 Å². The van der Waals surface area contributed by atoms with Crippen molar-refractivity contribution in [3.05, 3.63) is 239 Å². The summed E-state index contributed by atoms with van der Waals surface area (Å²) < 4.78 is 6.94. The van der Waals surface area contributed by atoms with Crippen LogP contribution in [0, 0.1) is 0 Å². The summed E-state index contributed by atoms with van der Waals surface area (Å²) in [5.41, 5.74) is 11.5. The average Bonchev–Trinajstić information content (AvgIpc) is 3.60. The first-order valence-electron chi connectivity index (χ1n) is 17.8. The number of anilines is 2. The lowest BCUT2D eigenvalue weighted by Gasteiger charge is -2.33. The van der Waals surface area contributed by atoms with E-state index in [1.54, 1.807) is 0 Å². The zero-order chi connectivity index (χ0) is 34.3. The van der Waals surface area contributed by atoms with Crippen LogP contribution in [0.3, 0.4) is 0 Å². The van der Waals surface area contributed by atoms with Crippen molar-refractivity contribution in [2.75, 3.05) is 9.80 Å². The predicted octanol–water partition coefficient (Wildman–Crippen LogP) is 10.9. The highest BCUT2D eigenvalue weighted by atomic mass is 16.5. The average molecular weight is 663 g/mol. The molecule has 0 N–H and O–H groups in total. The largest absolute Gasteiger partial charge is 0.363 e. The van der Waals surface area contributed by atoms with Crippen LogP contribution < -0.4 is 9.80 Å². The molecule has 250 valence electrons. The summed E-state index contributed by atoms with van der Waals surface area (Å²) in [6, 6.07) is 69.7. The summed E-state index contributed by atoms with van der Waals surface area (Å²) >= 11 is 0. The molecule has 0 saturated heterocycles. The fraction of sp³-hybridized carbons (Fsp3) is 0.125. The molecule has 0 fully saturated rings.